The Balaban J connectivity index is 2.24. The van der Waals surface area contributed by atoms with E-state index in [2.05, 4.69) is 10.1 Å². The molecule has 4 heteroatoms. The maximum atomic E-state index is 11.2. The Kier molecular flexibility index (Phi) is 3.73. The highest BCUT2D eigenvalue weighted by Crippen LogP contribution is 2.10. The van der Waals surface area contributed by atoms with Gasteiger partial charge < -0.3 is 10.1 Å². The van der Waals surface area contributed by atoms with Gasteiger partial charge in [0.25, 0.3) is 6.47 Å². The second-order valence-corrected chi connectivity index (χ2v) is 2.92. The van der Waals surface area contributed by atoms with E-state index in [-0.39, 0.29) is 18.3 Å². The Hall–Kier alpha value is -0.900. The fourth-order valence-electron chi connectivity index (χ4n) is 1.36. The molecule has 4 nitrogen and oxygen atoms in total. The van der Waals surface area contributed by atoms with E-state index in [9.17, 15) is 9.59 Å². The third kappa shape index (κ3) is 2.62. The highest BCUT2D eigenvalue weighted by molar-refractivity contribution is 5.83. The molecule has 0 aliphatic carbocycles. The van der Waals surface area contributed by atoms with Gasteiger partial charge in [-0.05, 0) is 19.4 Å². The van der Waals surface area contributed by atoms with Crippen LogP contribution in [-0.4, -0.2) is 32.0 Å². The topological polar surface area (TPSA) is 55.4 Å². The van der Waals surface area contributed by atoms with Crippen molar-refractivity contribution in [2.24, 2.45) is 5.92 Å². The lowest BCUT2D eigenvalue weighted by Gasteiger charge is -2.20. The number of ketones is 1. The number of carbonyl (C=O) groups excluding carboxylic acids is 2. The molecule has 68 valence electrons. The summed E-state index contributed by atoms with van der Waals surface area (Å²) in [5, 5.41) is 3.13. The van der Waals surface area contributed by atoms with Crippen LogP contribution in [0.4, 0.5) is 0 Å². The van der Waals surface area contributed by atoms with Gasteiger partial charge in [-0.25, -0.2) is 0 Å². The number of nitrogens with one attached hydrogen (secondary N) is 1. The van der Waals surface area contributed by atoms with E-state index in [1.165, 1.54) is 0 Å². The van der Waals surface area contributed by atoms with Gasteiger partial charge in [0.15, 0.2) is 5.78 Å². The molecule has 0 bridgehead atoms. The largest absolute Gasteiger partial charge is 0.460 e. The molecular weight excluding hydrogens is 158 g/mol. The molecule has 0 radical (unpaired) electrons. The maximum absolute atomic E-state index is 11.2. The van der Waals surface area contributed by atoms with E-state index < -0.39 is 0 Å². The first-order chi connectivity index (χ1) is 5.84. The minimum atomic E-state index is -0.0736. The first-order valence-corrected chi connectivity index (χ1v) is 4.13. The van der Waals surface area contributed by atoms with E-state index in [0.717, 1.165) is 25.9 Å². The molecule has 1 saturated heterocycles. The number of carbonyl (C=O) groups is 2. The molecule has 1 rings (SSSR count). The van der Waals surface area contributed by atoms with Gasteiger partial charge in [-0.15, -0.1) is 0 Å². The van der Waals surface area contributed by atoms with Gasteiger partial charge in [-0.1, -0.05) is 0 Å². The van der Waals surface area contributed by atoms with E-state index in [4.69, 9.17) is 0 Å². The summed E-state index contributed by atoms with van der Waals surface area (Å²) in [5.41, 5.74) is 0. The van der Waals surface area contributed by atoms with Crippen molar-refractivity contribution in [1.29, 1.82) is 0 Å². The van der Waals surface area contributed by atoms with Crippen LogP contribution in [0.3, 0.4) is 0 Å². The fourth-order valence-corrected chi connectivity index (χ4v) is 1.36. The minimum absolute atomic E-state index is 0.0225. The highest BCUT2D eigenvalue weighted by Gasteiger charge is 2.20. The molecule has 0 aromatic heterocycles. The minimum Gasteiger partial charge on any atom is -0.460 e. The van der Waals surface area contributed by atoms with Crippen LogP contribution in [0.15, 0.2) is 0 Å². The lowest BCUT2D eigenvalue weighted by Crippen LogP contribution is -2.35. The van der Waals surface area contributed by atoms with Crippen molar-refractivity contribution in [1.82, 2.24) is 5.32 Å². The lowest BCUT2D eigenvalue weighted by atomic mass is 9.96. The third-order valence-electron chi connectivity index (χ3n) is 2.05. The van der Waals surface area contributed by atoms with E-state index in [1.54, 1.807) is 0 Å². The van der Waals surface area contributed by atoms with Crippen molar-refractivity contribution in [2.75, 3.05) is 19.7 Å². The number of rotatable bonds is 4. The number of ether oxygens (including phenoxy) is 1. The molecule has 0 spiro atoms. The molecule has 1 aliphatic heterocycles. The molecule has 1 atom stereocenters. The predicted molar refractivity (Wildman–Crippen MR) is 42.6 cm³/mol. The molecule has 1 heterocycles. The van der Waals surface area contributed by atoms with E-state index >= 15 is 0 Å². The molecule has 0 amide bonds. The quantitative estimate of drug-likeness (QED) is 0.591. The van der Waals surface area contributed by atoms with Crippen molar-refractivity contribution in [3.8, 4) is 0 Å². The second kappa shape index (κ2) is 4.87. The van der Waals surface area contributed by atoms with Gasteiger partial charge >= 0.3 is 0 Å². The van der Waals surface area contributed by atoms with Crippen LogP contribution in [0.5, 0.6) is 0 Å². The van der Waals surface area contributed by atoms with Crippen LogP contribution >= 0.6 is 0 Å². The van der Waals surface area contributed by atoms with Crippen molar-refractivity contribution in [2.45, 2.75) is 12.8 Å². The molecule has 0 aromatic rings. The summed E-state index contributed by atoms with van der Waals surface area (Å²) in [6.07, 6.45) is 1.94. The summed E-state index contributed by atoms with van der Waals surface area (Å²) < 4.78 is 4.39. The monoisotopic (exact) mass is 171 g/mol. The molecule has 0 saturated carbocycles. The van der Waals surface area contributed by atoms with Gasteiger partial charge in [0.1, 0.15) is 6.61 Å². The second-order valence-electron chi connectivity index (χ2n) is 2.92. The average molecular weight is 171 g/mol. The predicted octanol–water partition coefficient (Wildman–Crippen LogP) is -0.272. The molecular formula is C8H13NO3. The number of piperidine rings is 1. The summed E-state index contributed by atoms with van der Waals surface area (Å²) >= 11 is 0. The normalized spacial score (nSPS) is 23.2. The molecule has 0 aromatic carbocycles. The van der Waals surface area contributed by atoms with E-state index in [1.807, 2.05) is 0 Å². The van der Waals surface area contributed by atoms with Crippen LogP contribution < -0.4 is 5.32 Å². The van der Waals surface area contributed by atoms with Crippen LogP contribution in [-0.2, 0) is 14.3 Å². The van der Waals surface area contributed by atoms with Crippen molar-refractivity contribution >= 4 is 12.3 Å². The van der Waals surface area contributed by atoms with Crippen LogP contribution in [0.1, 0.15) is 12.8 Å². The van der Waals surface area contributed by atoms with Crippen molar-refractivity contribution < 1.29 is 14.3 Å². The van der Waals surface area contributed by atoms with Gasteiger partial charge in [0.2, 0.25) is 0 Å². The summed E-state index contributed by atoms with van der Waals surface area (Å²) in [5.74, 6) is 0.0630. The first kappa shape index (κ1) is 9.19. The third-order valence-corrected chi connectivity index (χ3v) is 2.05. The average Bonchev–Trinajstić information content (AvgIpc) is 2.15. The lowest BCUT2D eigenvalue weighted by molar-refractivity contribution is -0.138. The maximum Gasteiger partial charge on any atom is 0.293 e. The van der Waals surface area contributed by atoms with Gasteiger partial charge in [0.05, 0.1) is 0 Å². The molecule has 1 fully saturated rings. The SMILES string of the molecule is O=COCC(=O)C1CCCNC1. The molecule has 1 unspecified atom stereocenters. The fraction of sp³-hybridized carbons (Fsp3) is 0.750. The van der Waals surface area contributed by atoms with Crippen LogP contribution in [0.25, 0.3) is 0 Å². The Morgan fingerprint density at radius 2 is 2.50 bits per heavy atom. The first-order valence-electron chi connectivity index (χ1n) is 4.13. The zero-order chi connectivity index (χ0) is 8.81. The Labute approximate surface area is 71.3 Å². The highest BCUT2D eigenvalue weighted by atomic mass is 16.5. The number of Topliss-reactive ketones (excluding diaryl/α,β-unsaturated/α-hetero) is 1. The zero-order valence-electron chi connectivity index (χ0n) is 6.91. The summed E-state index contributed by atoms with van der Waals surface area (Å²) in [7, 11) is 0. The van der Waals surface area contributed by atoms with Gasteiger partial charge in [-0.3, -0.25) is 9.59 Å². The standard InChI is InChI=1S/C8H13NO3/c10-6-12-5-8(11)7-2-1-3-9-4-7/h6-7,9H,1-5H2. The molecule has 12 heavy (non-hydrogen) atoms. The van der Waals surface area contributed by atoms with Crippen molar-refractivity contribution in [3.63, 3.8) is 0 Å². The Bertz CT molecular complexity index is 164. The summed E-state index contributed by atoms with van der Waals surface area (Å²) in [4.78, 5) is 21.0. The molecule has 1 aliphatic rings. The Morgan fingerprint density at radius 3 is 3.08 bits per heavy atom. The van der Waals surface area contributed by atoms with Crippen LogP contribution in [0.2, 0.25) is 0 Å². The summed E-state index contributed by atoms with van der Waals surface area (Å²) in [6.45, 7) is 1.95. The van der Waals surface area contributed by atoms with Gasteiger partial charge in [0, 0.05) is 12.5 Å². The van der Waals surface area contributed by atoms with Gasteiger partial charge in [-0.2, -0.15) is 0 Å². The zero-order valence-corrected chi connectivity index (χ0v) is 6.91. The smallest absolute Gasteiger partial charge is 0.293 e. The van der Waals surface area contributed by atoms with Crippen molar-refractivity contribution in [3.05, 3.63) is 0 Å². The molecule has 1 N–H and O–H groups in total. The number of hydrogen-bond donors (Lipinski definition) is 1. The number of hydrogen-bond acceptors (Lipinski definition) is 4. The Morgan fingerprint density at radius 1 is 1.67 bits per heavy atom. The van der Waals surface area contributed by atoms with E-state index in [0.29, 0.717) is 6.47 Å². The van der Waals surface area contributed by atoms with Crippen LogP contribution in [0, 0.1) is 5.92 Å². The summed E-state index contributed by atoms with van der Waals surface area (Å²) in [6, 6.07) is 0.